The first-order chi connectivity index (χ1) is 10.2. The number of hydrogen-bond donors (Lipinski definition) is 0. The van der Waals surface area contributed by atoms with Crippen molar-refractivity contribution in [2.45, 2.75) is 20.3 Å². The van der Waals surface area contributed by atoms with E-state index >= 15 is 0 Å². The van der Waals surface area contributed by atoms with E-state index in [-0.39, 0.29) is 0 Å². The minimum Gasteiger partial charge on any atom is -0.457 e. The third kappa shape index (κ3) is 2.72. The van der Waals surface area contributed by atoms with Crippen LogP contribution in [0.5, 0.6) is 11.5 Å². The number of nitrogens with zero attached hydrogens (tertiary/aromatic N) is 1. The van der Waals surface area contributed by atoms with Crippen molar-refractivity contribution in [3.63, 3.8) is 0 Å². The molecule has 0 aliphatic rings. The Morgan fingerprint density at radius 3 is 2.52 bits per heavy atom. The van der Waals surface area contributed by atoms with Crippen molar-refractivity contribution in [2.75, 3.05) is 0 Å². The Bertz CT molecular complexity index is 784. The van der Waals surface area contributed by atoms with Gasteiger partial charge in [-0.3, -0.25) is 4.98 Å². The first kappa shape index (κ1) is 13.9. The van der Waals surface area contributed by atoms with Crippen molar-refractivity contribution in [1.82, 2.24) is 4.98 Å². The first-order valence-electron chi connectivity index (χ1n) is 7.00. The van der Waals surface area contributed by atoms with E-state index in [9.17, 15) is 0 Å². The van der Waals surface area contributed by atoms with E-state index in [1.807, 2.05) is 55.5 Å². The molecule has 106 valence electrons. The molecule has 2 aromatic carbocycles. The van der Waals surface area contributed by atoms with Crippen LogP contribution in [0.4, 0.5) is 0 Å². The fraction of sp³-hybridized carbons (Fsp3) is 0.167. The van der Waals surface area contributed by atoms with Crippen LogP contribution in [0.3, 0.4) is 0 Å². The van der Waals surface area contributed by atoms with E-state index < -0.39 is 0 Å². The summed E-state index contributed by atoms with van der Waals surface area (Å²) in [6.45, 7) is 4.10. The molecule has 3 heteroatoms. The molecule has 0 N–H and O–H groups in total. The van der Waals surface area contributed by atoms with Gasteiger partial charge in [0.15, 0.2) is 0 Å². The average molecular weight is 298 g/mol. The van der Waals surface area contributed by atoms with Gasteiger partial charge < -0.3 is 4.74 Å². The summed E-state index contributed by atoms with van der Waals surface area (Å²) in [5.41, 5.74) is 3.00. The van der Waals surface area contributed by atoms with Crippen molar-refractivity contribution >= 4 is 22.5 Å². The van der Waals surface area contributed by atoms with E-state index in [1.54, 1.807) is 0 Å². The van der Waals surface area contributed by atoms with E-state index in [4.69, 9.17) is 16.3 Å². The van der Waals surface area contributed by atoms with E-state index in [0.717, 1.165) is 45.1 Å². The summed E-state index contributed by atoms with van der Waals surface area (Å²) in [6.07, 6.45) is 0.879. The lowest BCUT2D eigenvalue weighted by Gasteiger charge is -2.11. The van der Waals surface area contributed by atoms with Crippen LogP contribution in [0.1, 0.15) is 18.2 Å². The zero-order valence-electron chi connectivity index (χ0n) is 12.1. The van der Waals surface area contributed by atoms with Crippen LogP contribution in [-0.4, -0.2) is 4.98 Å². The van der Waals surface area contributed by atoms with Crippen molar-refractivity contribution < 1.29 is 4.74 Å². The Labute approximate surface area is 129 Å². The molecule has 0 saturated heterocycles. The summed E-state index contributed by atoms with van der Waals surface area (Å²) >= 11 is 6.49. The second-order valence-corrected chi connectivity index (χ2v) is 5.32. The number of para-hydroxylation sites is 1. The Morgan fingerprint density at radius 2 is 1.81 bits per heavy atom. The average Bonchev–Trinajstić information content (AvgIpc) is 2.52. The van der Waals surface area contributed by atoms with Crippen LogP contribution < -0.4 is 4.74 Å². The third-order valence-corrected chi connectivity index (χ3v) is 4.02. The summed E-state index contributed by atoms with van der Waals surface area (Å²) in [5, 5.41) is 1.69. The summed E-state index contributed by atoms with van der Waals surface area (Å²) in [6, 6.07) is 15.5. The van der Waals surface area contributed by atoms with E-state index in [0.29, 0.717) is 0 Å². The van der Waals surface area contributed by atoms with Gasteiger partial charge >= 0.3 is 0 Å². The van der Waals surface area contributed by atoms with Crippen molar-refractivity contribution in [3.8, 4) is 11.5 Å². The highest BCUT2D eigenvalue weighted by Crippen LogP contribution is 2.32. The molecule has 1 heterocycles. The zero-order chi connectivity index (χ0) is 14.8. The number of fused-ring (bicyclic) bond motifs is 1. The molecular formula is C18H16ClNO. The quantitative estimate of drug-likeness (QED) is 0.632. The van der Waals surface area contributed by atoms with Crippen molar-refractivity contribution in [2.24, 2.45) is 0 Å². The molecule has 0 aliphatic carbocycles. The normalized spacial score (nSPS) is 10.8. The molecule has 0 unspecified atom stereocenters. The van der Waals surface area contributed by atoms with Crippen molar-refractivity contribution in [3.05, 3.63) is 64.8 Å². The topological polar surface area (TPSA) is 22.1 Å². The number of ether oxygens (including phenoxy) is 1. The standard InChI is InChI=1S/C18H16ClNO/c1-3-16-12(2)18(19)15-11-14(9-10-17(15)20-16)21-13-7-5-4-6-8-13/h4-11H,3H2,1-2H3. The van der Waals surface area contributed by atoms with Crippen molar-refractivity contribution in [1.29, 1.82) is 0 Å². The number of pyridine rings is 1. The largest absolute Gasteiger partial charge is 0.457 e. The summed E-state index contributed by atoms with van der Waals surface area (Å²) < 4.78 is 5.85. The number of rotatable bonds is 3. The van der Waals surface area contributed by atoms with Gasteiger partial charge in [-0.2, -0.15) is 0 Å². The van der Waals surface area contributed by atoms with Gasteiger partial charge in [0.1, 0.15) is 11.5 Å². The predicted octanol–water partition coefficient (Wildman–Crippen LogP) is 5.55. The molecule has 2 nitrogen and oxygen atoms in total. The molecule has 3 aromatic rings. The number of aromatic nitrogens is 1. The Morgan fingerprint density at radius 1 is 1.05 bits per heavy atom. The van der Waals surface area contributed by atoms with Crippen LogP contribution in [0.25, 0.3) is 10.9 Å². The van der Waals surface area contributed by atoms with E-state index in [2.05, 4.69) is 11.9 Å². The molecule has 0 saturated carbocycles. The predicted molar refractivity (Wildman–Crippen MR) is 87.4 cm³/mol. The maximum Gasteiger partial charge on any atom is 0.128 e. The monoisotopic (exact) mass is 297 g/mol. The molecule has 0 fully saturated rings. The highest BCUT2D eigenvalue weighted by molar-refractivity contribution is 6.36. The minimum atomic E-state index is 0.760. The maximum absolute atomic E-state index is 6.49. The van der Waals surface area contributed by atoms with Crippen LogP contribution in [0.2, 0.25) is 5.02 Å². The Kier molecular flexibility index (Phi) is 3.80. The fourth-order valence-electron chi connectivity index (χ4n) is 2.38. The molecule has 21 heavy (non-hydrogen) atoms. The molecular weight excluding hydrogens is 282 g/mol. The minimum absolute atomic E-state index is 0.760. The zero-order valence-corrected chi connectivity index (χ0v) is 12.8. The summed E-state index contributed by atoms with van der Waals surface area (Å²) in [4.78, 5) is 4.66. The van der Waals surface area contributed by atoms with Gasteiger partial charge in [0.05, 0.1) is 10.5 Å². The van der Waals surface area contributed by atoms with Gasteiger partial charge in [-0.1, -0.05) is 36.7 Å². The second kappa shape index (κ2) is 5.74. The molecule has 0 bridgehead atoms. The lowest BCUT2D eigenvalue weighted by molar-refractivity contribution is 0.483. The Balaban J connectivity index is 2.06. The molecule has 0 spiro atoms. The highest BCUT2D eigenvalue weighted by atomic mass is 35.5. The lowest BCUT2D eigenvalue weighted by Crippen LogP contribution is -1.95. The number of benzene rings is 2. The SMILES string of the molecule is CCc1nc2ccc(Oc3ccccc3)cc2c(Cl)c1C. The molecule has 0 radical (unpaired) electrons. The summed E-state index contributed by atoms with van der Waals surface area (Å²) in [5.74, 6) is 1.57. The number of aryl methyl sites for hydroxylation is 1. The number of hydrogen-bond acceptors (Lipinski definition) is 2. The van der Waals surface area contributed by atoms with Gasteiger partial charge in [0.25, 0.3) is 0 Å². The number of halogens is 1. The van der Waals surface area contributed by atoms with Crippen LogP contribution >= 0.6 is 11.6 Å². The third-order valence-electron chi connectivity index (χ3n) is 3.54. The maximum atomic E-state index is 6.49. The van der Waals surface area contributed by atoms with Gasteiger partial charge in [0.2, 0.25) is 0 Å². The molecule has 0 atom stereocenters. The molecule has 0 amide bonds. The molecule has 0 aliphatic heterocycles. The fourth-order valence-corrected chi connectivity index (χ4v) is 2.64. The second-order valence-electron chi connectivity index (χ2n) is 4.95. The van der Waals surface area contributed by atoms with E-state index in [1.165, 1.54) is 0 Å². The van der Waals surface area contributed by atoms with Crippen LogP contribution in [-0.2, 0) is 6.42 Å². The van der Waals surface area contributed by atoms with Gasteiger partial charge in [-0.05, 0) is 49.2 Å². The molecule has 1 aromatic heterocycles. The first-order valence-corrected chi connectivity index (χ1v) is 7.38. The highest BCUT2D eigenvalue weighted by Gasteiger charge is 2.10. The van der Waals surface area contributed by atoms with Gasteiger partial charge in [-0.25, -0.2) is 0 Å². The summed E-state index contributed by atoms with van der Waals surface area (Å²) in [7, 11) is 0. The Hall–Kier alpha value is -2.06. The lowest BCUT2D eigenvalue weighted by atomic mass is 10.1. The van der Waals surface area contributed by atoms with Gasteiger partial charge in [-0.15, -0.1) is 0 Å². The molecule has 3 rings (SSSR count). The smallest absolute Gasteiger partial charge is 0.128 e. The van der Waals surface area contributed by atoms with Crippen LogP contribution in [0, 0.1) is 6.92 Å². The van der Waals surface area contributed by atoms with Gasteiger partial charge in [0, 0.05) is 11.1 Å². The van der Waals surface area contributed by atoms with Crippen LogP contribution in [0.15, 0.2) is 48.5 Å².